The van der Waals surface area contributed by atoms with Crippen LogP contribution in [-0.2, 0) is 23.8 Å². The predicted molar refractivity (Wildman–Crippen MR) is 139 cm³/mol. The molecular weight excluding hydrogens is 452 g/mol. The highest BCUT2D eigenvalue weighted by Crippen LogP contribution is 2.69. The van der Waals surface area contributed by atoms with Crippen LogP contribution in [-0.4, -0.2) is 30.8 Å². The maximum absolute atomic E-state index is 11.5. The van der Waals surface area contributed by atoms with E-state index in [1.807, 2.05) is 0 Å². The average molecular weight is 499 g/mol. The summed E-state index contributed by atoms with van der Waals surface area (Å²) in [5, 5.41) is 0. The minimum Gasteiger partial charge on any atom is -0.494 e. The van der Waals surface area contributed by atoms with Crippen molar-refractivity contribution in [3.05, 3.63) is 23.0 Å². The van der Waals surface area contributed by atoms with Gasteiger partial charge in [-0.05, 0) is 91.9 Å². The molecule has 1 aliphatic heterocycles. The van der Waals surface area contributed by atoms with Gasteiger partial charge in [0.15, 0.2) is 0 Å². The summed E-state index contributed by atoms with van der Waals surface area (Å²) in [6.07, 6.45) is 12.9. The van der Waals surface area contributed by atoms with Crippen LogP contribution in [0.15, 0.2) is 23.0 Å². The van der Waals surface area contributed by atoms with E-state index in [0.717, 1.165) is 43.9 Å². The van der Waals surface area contributed by atoms with Crippen LogP contribution in [0.25, 0.3) is 0 Å². The zero-order valence-electron chi connectivity index (χ0n) is 23.2. The molecule has 0 aromatic rings. The van der Waals surface area contributed by atoms with Gasteiger partial charge in [0.2, 0.25) is 0 Å². The molecule has 0 bridgehead atoms. The summed E-state index contributed by atoms with van der Waals surface area (Å²) < 4.78 is 17.5. The highest BCUT2D eigenvalue weighted by atomic mass is 16.5. The molecule has 200 valence electrons. The first kappa shape index (κ1) is 25.9. The number of fused-ring (bicyclic) bond motifs is 7. The van der Waals surface area contributed by atoms with E-state index in [4.69, 9.17) is 14.2 Å². The number of esters is 2. The van der Waals surface area contributed by atoms with E-state index >= 15 is 0 Å². The largest absolute Gasteiger partial charge is 0.494 e. The fourth-order valence-electron chi connectivity index (χ4n) is 9.27. The minimum absolute atomic E-state index is 0.0643. The summed E-state index contributed by atoms with van der Waals surface area (Å²) in [6.45, 7) is 13.1. The summed E-state index contributed by atoms with van der Waals surface area (Å²) in [7, 11) is 0. The van der Waals surface area contributed by atoms with Gasteiger partial charge in [0.25, 0.3) is 0 Å². The normalized spacial score (nSPS) is 41.8. The summed E-state index contributed by atoms with van der Waals surface area (Å²) in [4.78, 5) is 22.7. The summed E-state index contributed by atoms with van der Waals surface area (Å²) >= 11 is 0. The zero-order chi connectivity index (χ0) is 25.8. The van der Waals surface area contributed by atoms with E-state index in [0.29, 0.717) is 35.9 Å². The van der Waals surface area contributed by atoms with Gasteiger partial charge in [-0.2, -0.15) is 0 Å². The van der Waals surface area contributed by atoms with Gasteiger partial charge in [0.05, 0.1) is 12.4 Å². The van der Waals surface area contributed by atoms with Crippen LogP contribution in [0, 0.1) is 40.4 Å². The Labute approximate surface area is 217 Å². The summed E-state index contributed by atoms with van der Waals surface area (Å²) in [5.74, 6) is 3.93. The van der Waals surface area contributed by atoms with Crippen LogP contribution in [0.5, 0.6) is 0 Å². The van der Waals surface area contributed by atoms with Crippen molar-refractivity contribution in [2.45, 2.75) is 112 Å². The number of allylic oxidation sites excluding steroid dienone is 2. The second-order valence-electron chi connectivity index (χ2n) is 13.2. The Morgan fingerprint density at radius 2 is 1.92 bits per heavy atom. The molecule has 4 aliphatic carbocycles. The molecule has 0 amide bonds. The SMILES string of the molecule is CC(=O)OC[C@H](C)CCC1=C(C)[C@H]2[C@@H](C[C@H]3[C@@H]4CC=C5C[C@H](OC(C)=O)CC[C@]5(C)[C@H]4CC[C@@]32C)O1. The van der Waals surface area contributed by atoms with Crippen LogP contribution < -0.4 is 0 Å². The first-order chi connectivity index (χ1) is 17.0. The summed E-state index contributed by atoms with van der Waals surface area (Å²) in [6, 6.07) is 0. The van der Waals surface area contributed by atoms with Gasteiger partial charge < -0.3 is 14.2 Å². The number of rotatable bonds is 6. The monoisotopic (exact) mass is 498 g/mol. The Bertz CT molecular complexity index is 964. The molecule has 0 unspecified atom stereocenters. The fraction of sp³-hybridized carbons (Fsp3) is 0.806. The van der Waals surface area contributed by atoms with Crippen LogP contribution in [0.4, 0.5) is 0 Å². The summed E-state index contributed by atoms with van der Waals surface area (Å²) in [5.41, 5.74) is 3.62. The average Bonchev–Trinajstić information content (AvgIpc) is 3.29. The number of hydrogen-bond donors (Lipinski definition) is 0. The van der Waals surface area contributed by atoms with Crippen molar-refractivity contribution in [2.24, 2.45) is 40.4 Å². The maximum Gasteiger partial charge on any atom is 0.302 e. The number of hydrogen-bond acceptors (Lipinski definition) is 5. The van der Waals surface area contributed by atoms with E-state index in [9.17, 15) is 9.59 Å². The van der Waals surface area contributed by atoms with Gasteiger partial charge in [-0.25, -0.2) is 0 Å². The molecule has 5 nitrogen and oxygen atoms in total. The number of ether oxygens (including phenoxy) is 3. The molecule has 36 heavy (non-hydrogen) atoms. The lowest BCUT2D eigenvalue weighted by atomic mass is 9.47. The Hall–Kier alpha value is -1.78. The molecule has 0 N–H and O–H groups in total. The Kier molecular flexibility index (Phi) is 6.83. The van der Waals surface area contributed by atoms with Crippen LogP contribution >= 0.6 is 0 Å². The van der Waals surface area contributed by atoms with Crippen molar-refractivity contribution in [1.29, 1.82) is 0 Å². The van der Waals surface area contributed by atoms with E-state index in [2.05, 4.69) is 33.8 Å². The van der Waals surface area contributed by atoms with Gasteiger partial charge in [-0.3, -0.25) is 9.59 Å². The fourth-order valence-corrected chi connectivity index (χ4v) is 9.27. The quantitative estimate of drug-likeness (QED) is 0.299. The van der Waals surface area contributed by atoms with Crippen molar-refractivity contribution in [1.82, 2.24) is 0 Å². The van der Waals surface area contributed by atoms with E-state index in [-0.39, 0.29) is 23.5 Å². The van der Waals surface area contributed by atoms with Crippen molar-refractivity contribution in [3.63, 3.8) is 0 Å². The predicted octanol–water partition coefficient (Wildman–Crippen LogP) is 6.76. The number of carbonyl (C=O) groups excluding carboxylic acids is 2. The van der Waals surface area contributed by atoms with Gasteiger partial charge in [0.1, 0.15) is 12.2 Å². The Morgan fingerprint density at radius 3 is 2.64 bits per heavy atom. The minimum atomic E-state index is -0.200. The highest BCUT2D eigenvalue weighted by Gasteiger charge is 2.63. The van der Waals surface area contributed by atoms with Gasteiger partial charge in [0, 0.05) is 32.6 Å². The molecule has 5 heteroatoms. The van der Waals surface area contributed by atoms with E-state index in [1.54, 1.807) is 5.57 Å². The van der Waals surface area contributed by atoms with E-state index in [1.165, 1.54) is 50.9 Å². The van der Waals surface area contributed by atoms with Crippen molar-refractivity contribution in [2.75, 3.05) is 6.61 Å². The molecule has 0 radical (unpaired) electrons. The molecule has 1 heterocycles. The third kappa shape index (κ3) is 4.32. The van der Waals surface area contributed by atoms with Gasteiger partial charge >= 0.3 is 11.9 Å². The van der Waals surface area contributed by atoms with Crippen molar-refractivity contribution >= 4 is 11.9 Å². The smallest absolute Gasteiger partial charge is 0.302 e. The third-order valence-corrected chi connectivity index (χ3v) is 11.0. The zero-order valence-corrected chi connectivity index (χ0v) is 23.2. The molecule has 9 atom stereocenters. The molecular formula is C31H46O5. The number of carbonyl (C=O) groups is 2. The molecule has 3 saturated carbocycles. The molecule has 5 rings (SSSR count). The molecule has 0 aromatic carbocycles. The first-order valence-electron chi connectivity index (χ1n) is 14.4. The van der Waals surface area contributed by atoms with Crippen LogP contribution in [0.1, 0.15) is 99.3 Å². The molecule has 0 saturated heterocycles. The lowest BCUT2D eigenvalue weighted by Gasteiger charge is -2.58. The van der Waals surface area contributed by atoms with Crippen LogP contribution in [0.2, 0.25) is 0 Å². The molecule has 5 aliphatic rings. The lowest BCUT2D eigenvalue weighted by Crippen LogP contribution is -2.50. The first-order valence-corrected chi connectivity index (χ1v) is 14.4. The second-order valence-corrected chi connectivity index (χ2v) is 13.2. The second kappa shape index (κ2) is 9.51. The maximum atomic E-state index is 11.5. The van der Waals surface area contributed by atoms with Gasteiger partial charge in [-0.1, -0.05) is 32.4 Å². The third-order valence-electron chi connectivity index (χ3n) is 11.0. The standard InChI is InChI=1S/C31H46O5/c1-18(17-34-20(3)32)7-10-27-19(2)29-28(36-27)16-26-24-9-8-22-15-23(35-21(4)33)11-13-30(22,5)25(24)12-14-31(26,29)6/h8,18,23-26,28-29H,7,9-17H2,1-6H3/t18-,23-,24-,25+,26+,28-,29+,30+,31+/m1/s1. The highest BCUT2D eigenvalue weighted by molar-refractivity contribution is 5.66. The van der Waals surface area contributed by atoms with Crippen molar-refractivity contribution in [3.8, 4) is 0 Å². The van der Waals surface area contributed by atoms with E-state index < -0.39 is 0 Å². The Balaban J connectivity index is 1.29. The molecule has 3 fully saturated rings. The Morgan fingerprint density at radius 1 is 1.14 bits per heavy atom. The van der Waals surface area contributed by atoms with Crippen molar-refractivity contribution < 1.29 is 23.8 Å². The topological polar surface area (TPSA) is 61.8 Å². The van der Waals surface area contributed by atoms with Crippen LogP contribution in [0.3, 0.4) is 0 Å². The molecule has 0 spiro atoms. The van der Waals surface area contributed by atoms with Gasteiger partial charge in [-0.15, -0.1) is 0 Å². The lowest BCUT2D eigenvalue weighted by molar-refractivity contribution is -0.148. The molecule has 0 aromatic heterocycles.